The molecule has 7 heteroatoms. The summed E-state index contributed by atoms with van der Waals surface area (Å²) in [4.78, 5) is 0. The molecule has 0 spiro atoms. The molecule has 4 saturated carbocycles. The average molecular weight is 465 g/mol. The summed E-state index contributed by atoms with van der Waals surface area (Å²) >= 11 is 0. The molecule has 10 atom stereocenters. The van der Waals surface area contributed by atoms with Gasteiger partial charge in [0, 0.05) is 5.75 Å². The van der Waals surface area contributed by atoms with Crippen molar-refractivity contribution < 1.29 is 52.7 Å². The van der Waals surface area contributed by atoms with Crippen LogP contribution in [0.4, 0.5) is 0 Å². The Hall–Kier alpha value is 0.830. The number of aliphatic hydroxyl groups is 2. The maximum absolute atomic E-state index is 11.3. The molecule has 0 bridgehead atoms. The third-order valence-electron chi connectivity index (χ3n) is 10.5. The van der Waals surface area contributed by atoms with Crippen LogP contribution in [0.1, 0.15) is 85.0 Å². The summed E-state index contributed by atoms with van der Waals surface area (Å²) in [5.41, 5.74) is 0.450. The quantitative estimate of drug-likeness (QED) is 0.466. The number of hydrogen-bond donors (Lipinski definition) is 2. The molecule has 0 heterocycles. The first kappa shape index (κ1) is 26.4. The van der Waals surface area contributed by atoms with E-state index in [0.29, 0.717) is 41.9 Å². The molecule has 5 nitrogen and oxygen atoms in total. The molecule has 0 saturated heterocycles. The first-order valence-electron chi connectivity index (χ1n) is 12.3. The van der Waals surface area contributed by atoms with Gasteiger partial charge in [-0.2, -0.15) is 0 Å². The van der Waals surface area contributed by atoms with Crippen LogP contribution in [0, 0.1) is 46.3 Å². The summed E-state index contributed by atoms with van der Waals surface area (Å²) in [6.07, 6.45) is 9.12. The second-order valence-corrected chi connectivity index (χ2v) is 13.4. The largest absolute Gasteiger partial charge is 1.00 e. The smallest absolute Gasteiger partial charge is 0.748 e. The van der Waals surface area contributed by atoms with Crippen molar-refractivity contribution in [2.75, 3.05) is 5.75 Å². The molecule has 4 rings (SSSR count). The van der Waals surface area contributed by atoms with Gasteiger partial charge in [0.15, 0.2) is 0 Å². The average Bonchev–Trinajstić information content (AvgIpc) is 2.99. The molecule has 2 N–H and O–H groups in total. The van der Waals surface area contributed by atoms with Crippen molar-refractivity contribution in [3.63, 3.8) is 0 Å². The molecule has 0 aliphatic heterocycles. The molecule has 174 valence electrons. The molecule has 31 heavy (non-hydrogen) atoms. The standard InChI is InChI=1S/C24H42O5S.Na/c1-15(5-4-12-30(27,28)29)18-6-7-19-22-20(9-11-24(18,19)3)23(2)10-8-17(25)13-16(23)14-21(22)26;/h15-22,25-26H,4-14H2,1-3H3,(H,27,28,29);/q;+1/p-1/t15-,16+,17-,18-,19?,20?,21?,22?,23+,24-;/m1./s1. The van der Waals surface area contributed by atoms with E-state index in [-0.39, 0.29) is 58.3 Å². The van der Waals surface area contributed by atoms with Crippen molar-refractivity contribution in [2.45, 2.75) is 97.2 Å². The van der Waals surface area contributed by atoms with Crippen LogP contribution < -0.4 is 29.6 Å². The SMILES string of the molecule is C[C@H](CCCS(=O)(=O)[O-])[C@H]1CCC2C3C(O)C[C@@H]4C[C@H](O)CC[C@]4(C)C3CC[C@@]21C.[Na+]. The minimum absolute atomic E-state index is 0. The van der Waals surface area contributed by atoms with Crippen molar-refractivity contribution >= 4 is 10.1 Å². The van der Waals surface area contributed by atoms with Gasteiger partial charge in [0.05, 0.1) is 22.3 Å². The first-order chi connectivity index (χ1) is 14.0. The van der Waals surface area contributed by atoms with Crippen LogP contribution in [0.3, 0.4) is 0 Å². The number of fused-ring (bicyclic) bond motifs is 5. The fourth-order valence-corrected chi connectivity index (χ4v) is 9.48. The summed E-state index contributed by atoms with van der Waals surface area (Å²) in [6.45, 7) is 7.10. The van der Waals surface area contributed by atoms with Crippen molar-refractivity contribution in [3.8, 4) is 0 Å². The van der Waals surface area contributed by atoms with E-state index in [2.05, 4.69) is 20.8 Å². The Labute approximate surface area is 211 Å². The zero-order chi connectivity index (χ0) is 21.9. The van der Waals surface area contributed by atoms with Gasteiger partial charge in [0.1, 0.15) is 0 Å². The molecule has 0 aromatic heterocycles. The molecular weight excluding hydrogens is 423 g/mol. The number of hydrogen-bond acceptors (Lipinski definition) is 5. The van der Waals surface area contributed by atoms with E-state index in [1.54, 1.807) is 0 Å². The maximum atomic E-state index is 11.3. The second-order valence-electron chi connectivity index (χ2n) is 11.8. The second kappa shape index (κ2) is 9.47. The molecule has 4 unspecified atom stereocenters. The molecule has 0 aromatic carbocycles. The van der Waals surface area contributed by atoms with Gasteiger partial charge in [0.2, 0.25) is 0 Å². The van der Waals surface area contributed by atoms with Crippen LogP contribution in [-0.4, -0.2) is 41.1 Å². The Morgan fingerprint density at radius 2 is 1.65 bits per heavy atom. The van der Waals surface area contributed by atoms with Crippen molar-refractivity contribution in [1.82, 2.24) is 0 Å². The van der Waals surface area contributed by atoms with E-state index in [4.69, 9.17) is 0 Å². The van der Waals surface area contributed by atoms with Crippen LogP contribution >= 0.6 is 0 Å². The van der Waals surface area contributed by atoms with Gasteiger partial charge in [-0.15, -0.1) is 0 Å². The molecule has 0 amide bonds. The third-order valence-corrected chi connectivity index (χ3v) is 11.3. The minimum atomic E-state index is -4.13. The van der Waals surface area contributed by atoms with E-state index in [0.717, 1.165) is 51.4 Å². The van der Waals surface area contributed by atoms with E-state index in [9.17, 15) is 23.2 Å². The van der Waals surface area contributed by atoms with Crippen LogP contribution in [0.15, 0.2) is 0 Å². The molecule has 0 aromatic rings. The molecule has 4 aliphatic rings. The van der Waals surface area contributed by atoms with Crippen LogP contribution in [-0.2, 0) is 10.1 Å². The predicted octanol–water partition coefficient (Wildman–Crippen LogP) is 0.943. The van der Waals surface area contributed by atoms with Gasteiger partial charge in [-0.3, -0.25) is 0 Å². The van der Waals surface area contributed by atoms with E-state index >= 15 is 0 Å². The Morgan fingerprint density at radius 1 is 1.00 bits per heavy atom. The Balaban J connectivity index is 0.00000272. The van der Waals surface area contributed by atoms with Gasteiger partial charge < -0.3 is 14.8 Å². The first-order valence-corrected chi connectivity index (χ1v) is 13.8. The normalized spacial score (nSPS) is 48.1. The fraction of sp³-hybridized carbons (Fsp3) is 1.00. The third kappa shape index (κ3) is 4.83. The van der Waals surface area contributed by atoms with Gasteiger partial charge >= 0.3 is 29.6 Å². The van der Waals surface area contributed by atoms with E-state index in [1.165, 1.54) is 6.42 Å². The molecule has 4 fully saturated rings. The van der Waals surface area contributed by atoms with Crippen LogP contribution in [0.5, 0.6) is 0 Å². The Kier molecular flexibility index (Phi) is 8.07. The van der Waals surface area contributed by atoms with Gasteiger partial charge in [-0.1, -0.05) is 20.8 Å². The van der Waals surface area contributed by atoms with Crippen molar-refractivity contribution in [1.29, 1.82) is 0 Å². The molecular formula is C24H41NaO5S. The number of aliphatic hydroxyl groups excluding tert-OH is 2. The fourth-order valence-electron chi connectivity index (χ4n) is 8.96. The topological polar surface area (TPSA) is 97.7 Å². The van der Waals surface area contributed by atoms with Crippen LogP contribution in [0.25, 0.3) is 0 Å². The Bertz CT molecular complexity index is 744. The monoisotopic (exact) mass is 464 g/mol. The summed E-state index contributed by atoms with van der Waals surface area (Å²) in [5.74, 6) is 2.59. The van der Waals surface area contributed by atoms with Gasteiger partial charge in [0.25, 0.3) is 0 Å². The van der Waals surface area contributed by atoms with Crippen LogP contribution in [0.2, 0.25) is 0 Å². The van der Waals surface area contributed by atoms with Crippen molar-refractivity contribution in [3.05, 3.63) is 0 Å². The summed E-state index contributed by atoms with van der Waals surface area (Å²) in [6, 6.07) is 0. The van der Waals surface area contributed by atoms with Gasteiger partial charge in [-0.25, -0.2) is 8.42 Å². The summed E-state index contributed by atoms with van der Waals surface area (Å²) in [5, 5.41) is 21.5. The van der Waals surface area contributed by atoms with Crippen molar-refractivity contribution in [2.24, 2.45) is 46.3 Å². The zero-order valence-corrected chi connectivity index (χ0v) is 22.7. The predicted molar refractivity (Wildman–Crippen MR) is 116 cm³/mol. The van der Waals surface area contributed by atoms with E-state index in [1.807, 2.05) is 0 Å². The molecule has 4 aliphatic carbocycles. The van der Waals surface area contributed by atoms with E-state index < -0.39 is 10.1 Å². The number of rotatable bonds is 5. The maximum Gasteiger partial charge on any atom is 1.00 e. The Morgan fingerprint density at radius 3 is 2.32 bits per heavy atom. The summed E-state index contributed by atoms with van der Waals surface area (Å²) in [7, 11) is -4.13. The molecule has 0 radical (unpaired) electrons. The minimum Gasteiger partial charge on any atom is -0.748 e. The van der Waals surface area contributed by atoms with Gasteiger partial charge in [-0.05, 0) is 111 Å². The zero-order valence-electron chi connectivity index (χ0n) is 19.9. The summed E-state index contributed by atoms with van der Waals surface area (Å²) < 4.78 is 33.0.